The number of nitrogens with one attached hydrogen (secondary N) is 2. The number of thiazole rings is 1. The maximum atomic E-state index is 11.4. The minimum absolute atomic E-state index is 0.339. The van der Waals surface area contributed by atoms with Crippen molar-refractivity contribution in [3.8, 4) is 11.6 Å². The van der Waals surface area contributed by atoms with Crippen molar-refractivity contribution >= 4 is 57.2 Å². The highest BCUT2D eigenvalue weighted by molar-refractivity contribution is 7.16. The molecule has 0 aliphatic rings. The highest BCUT2D eigenvalue weighted by Crippen LogP contribution is 2.26. The Bertz CT molecular complexity index is 1510. The largest absolute Gasteiger partial charge is 0.439 e. The lowest BCUT2D eigenvalue weighted by atomic mass is 10.2. The maximum absolute atomic E-state index is 11.4. The molecule has 2 amide bonds. The predicted molar refractivity (Wildman–Crippen MR) is 126 cm³/mol. The summed E-state index contributed by atoms with van der Waals surface area (Å²) in [7, 11) is 0. The molecule has 5 aromatic rings. The normalized spacial score (nSPS) is 11.2. The highest BCUT2D eigenvalue weighted by atomic mass is 32.1. The van der Waals surface area contributed by atoms with E-state index in [1.165, 1.54) is 6.08 Å². The van der Waals surface area contributed by atoms with E-state index in [0.29, 0.717) is 29.6 Å². The highest BCUT2D eigenvalue weighted by Gasteiger charge is 2.10. The first kappa shape index (κ1) is 20.3. The molecule has 0 bridgehead atoms. The summed E-state index contributed by atoms with van der Waals surface area (Å²) in [4.78, 5) is 30.6. The van der Waals surface area contributed by atoms with Crippen molar-refractivity contribution in [2.45, 2.75) is 0 Å². The third-order valence-electron chi connectivity index (χ3n) is 4.62. The third-order valence-corrected chi connectivity index (χ3v) is 5.41. The first-order valence-corrected chi connectivity index (χ1v) is 10.7. The number of pyridine rings is 1. The molecule has 0 saturated heterocycles. The Balaban J connectivity index is 1.38. The summed E-state index contributed by atoms with van der Waals surface area (Å²) in [6.07, 6.45) is 3.20. The molecule has 0 radical (unpaired) electrons. The van der Waals surface area contributed by atoms with E-state index in [0.717, 1.165) is 21.5 Å². The van der Waals surface area contributed by atoms with Crippen LogP contribution in [0.25, 0.3) is 21.9 Å². The van der Waals surface area contributed by atoms with Crippen LogP contribution in [-0.4, -0.2) is 31.9 Å². The molecule has 0 fully saturated rings. The molecule has 162 valence electrons. The molecular weight excluding hydrogens is 440 g/mol. The fourth-order valence-corrected chi connectivity index (χ4v) is 3.87. The van der Waals surface area contributed by atoms with E-state index in [-0.39, 0.29) is 0 Å². The van der Waals surface area contributed by atoms with Crippen LogP contribution in [0.4, 0.5) is 11.6 Å². The Hall–Kier alpha value is -4.57. The van der Waals surface area contributed by atoms with E-state index in [4.69, 9.17) is 4.74 Å². The standard InChI is InChI=1S/C23H16N6O3S/c30-13-24-21(31)10-7-15-3-1-4-17(11-15)32-22-6-2-5-20-27-23(28-29(20)22)26-16-8-9-18-19(12-16)33-14-25-18/h1-14H,(H,26,28)(H,24,30,31). The molecule has 0 unspecified atom stereocenters. The summed E-state index contributed by atoms with van der Waals surface area (Å²) in [5.74, 6) is 0.970. The van der Waals surface area contributed by atoms with Crippen LogP contribution in [0.15, 0.2) is 72.3 Å². The summed E-state index contributed by atoms with van der Waals surface area (Å²) in [6, 6.07) is 18.5. The number of aromatic nitrogens is 4. The van der Waals surface area contributed by atoms with Crippen molar-refractivity contribution in [2.75, 3.05) is 5.32 Å². The van der Waals surface area contributed by atoms with Crippen LogP contribution in [0.3, 0.4) is 0 Å². The number of hydrogen-bond donors (Lipinski definition) is 2. The molecule has 0 spiro atoms. The second kappa shape index (κ2) is 8.89. The third kappa shape index (κ3) is 4.55. The summed E-state index contributed by atoms with van der Waals surface area (Å²) in [5.41, 5.74) is 4.98. The van der Waals surface area contributed by atoms with Crippen LogP contribution in [0.2, 0.25) is 0 Å². The molecule has 0 saturated carbocycles. The summed E-state index contributed by atoms with van der Waals surface area (Å²) in [6.45, 7) is 0. The number of imide groups is 1. The Morgan fingerprint density at radius 2 is 2.00 bits per heavy atom. The number of anilines is 2. The first-order chi connectivity index (χ1) is 16.2. The SMILES string of the molecule is O=CNC(=O)C=Cc1cccc(Oc2cccc3nc(Nc4ccc5ncsc5c4)nn23)c1. The van der Waals surface area contributed by atoms with Crippen LogP contribution >= 0.6 is 11.3 Å². The van der Waals surface area contributed by atoms with Gasteiger partial charge in [0.1, 0.15) is 5.75 Å². The Morgan fingerprint density at radius 3 is 2.91 bits per heavy atom. The van der Waals surface area contributed by atoms with Gasteiger partial charge < -0.3 is 10.1 Å². The maximum Gasteiger partial charge on any atom is 0.250 e. The number of nitrogens with zero attached hydrogens (tertiary/aromatic N) is 4. The second-order valence-corrected chi connectivity index (χ2v) is 7.75. The first-order valence-electron chi connectivity index (χ1n) is 9.84. The van der Waals surface area contributed by atoms with E-state index < -0.39 is 5.91 Å². The van der Waals surface area contributed by atoms with Gasteiger partial charge in [0.15, 0.2) is 5.65 Å². The van der Waals surface area contributed by atoms with Crippen molar-refractivity contribution in [3.05, 3.63) is 77.8 Å². The second-order valence-electron chi connectivity index (χ2n) is 6.86. The van der Waals surface area contributed by atoms with Gasteiger partial charge in [0.25, 0.3) is 0 Å². The average molecular weight is 456 g/mol. The van der Waals surface area contributed by atoms with Crippen LogP contribution in [-0.2, 0) is 9.59 Å². The van der Waals surface area contributed by atoms with Gasteiger partial charge in [0, 0.05) is 17.8 Å². The monoisotopic (exact) mass is 456 g/mol. The molecule has 0 aliphatic heterocycles. The molecule has 10 heteroatoms. The van der Waals surface area contributed by atoms with Gasteiger partial charge in [-0.25, -0.2) is 4.98 Å². The van der Waals surface area contributed by atoms with E-state index in [2.05, 4.69) is 25.7 Å². The van der Waals surface area contributed by atoms with Crippen molar-refractivity contribution in [3.63, 3.8) is 0 Å². The van der Waals surface area contributed by atoms with Crippen molar-refractivity contribution in [1.82, 2.24) is 24.9 Å². The number of ether oxygens (including phenoxy) is 1. The molecule has 5 rings (SSSR count). The summed E-state index contributed by atoms with van der Waals surface area (Å²) >= 11 is 1.57. The lowest BCUT2D eigenvalue weighted by molar-refractivity contribution is -0.121. The fraction of sp³-hybridized carbons (Fsp3) is 0. The molecule has 3 heterocycles. The zero-order valence-corrected chi connectivity index (χ0v) is 17.8. The van der Waals surface area contributed by atoms with Crippen molar-refractivity contribution < 1.29 is 14.3 Å². The van der Waals surface area contributed by atoms with Crippen molar-refractivity contribution in [2.24, 2.45) is 0 Å². The van der Waals surface area contributed by atoms with Crippen LogP contribution in [0.5, 0.6) is 11.6 Å². The Morgan fingerprint density at radius 1 is 1.09 bits per heavy atom. The van der Waals surface area contributed by atoms with Crippen LogP contribution in [0, 0.1) is 0 Å². The topological polar surface area (TPSA) is 111 Å². The van der Waals surface area contributed by atoms with Gasteiger partial charge in [-0.2, -0.15) is 9.50 Å². The van der Waals surface area contributed by atoms with E-state index in [1.807, 2.05) is 41.9 Å². The van der Waals surface area contributed by atoms with Gasteiger partial charge >= 0.3 is 0 Å². The van der Waals surface area contributed by atoms with Gasteiger partial charge in [0.2, 0.25) is 24.1 Å². The molecule has 2 N–H and O–H groups in total. The van der Waals surface area contributed by atoms with E-state index in [1.54, 1.807) is 46.2 Å². The lowest BCUT2D eigenvalue weighted by Gasteiger charge is -2.07. The number of carbonyl (C=O) groups excluding carboxylic acids is 2. The number of rotatable bonds is 7. The molecule has 9 nitrogen and oxygen atoms in total. The van der Waals surface area contributed by atoms with Gasteiger partial charge in [-0.05, 0) is 48.0 Å². The molecule has 0 aliphatic carbocycles. The molecule has 0 atom stereocenters. The molecule has 2 aromatic carbocycles. The van der Waals surface area contributed by atoms with Gasteiger partial charge in [0.05, 0.1) is 15.7 Å². The summed E-state index contributed by atoms with van der Waals surface area (Å²) in [5, 5.41) is 9.81. The minimum atomic E-state index is -0.502. The number of hydrogen-bond acceptors (Lipinski definition) is 8. The fourth-order valence-electron chi connectivity index (χ4n) is 3.15. The molecule has 33 heavy (non-hydrogen) atoms. The minimum Gasteiger partial charge on any atom is -0.439 e. The smallest absolute Gasteiger partial charge is 0.250 e. The molecular formula is C23H16N6O3S. The van der Waals surface area contributed by atoms with Crippen molar-refractivity contribution in [1.29, 1.82) is 0 Å². The van der Waals surface area contributed by atoms with Gasteiger partial charge in [-0.1, -0.05) is 18.2 Å². The van der Waals surface area contributed by atoms with Crippen LogP contribution < -0.4 is 15.4 Å². The van der Waals surface area contributed by atoms with E-state index >= 15 is 0 Å². The number of fused-ring (bicyclic) bond motifs is 2. The van der Waals surface area contributed by atoms with Crippen LogP contribution in [0.1, 0.15) is 5.56 Å². The average Bonchev–Trinajstić information content (AvgIpc) is 3.45. The summed E-state index contributed by atoms with van der Waals surface area (Å²) < 4.78 is 8.71. The molecule has 3 aromatic heterocycles. The van der Waals surface area contributed by atoms with Gasteiger partial charge in [-0.3, -0.25) is 14.9 Å². The van der Waals surface area contributed by atoms with Gasteiger partial charge in [-0.15, -0.1) is 16.4 Å². The quantitative estimate of drug-likeness (QED) is 0.279. The Kier molecular flexibility index (Phi) is 5.48. The zero-order chi connectivity index (χ0) is 22.6. The number of amides is 2. The zero-order valence-electron chi connectivity index (χ0n) is 17.0. The number of carbonyl (C=O) groups is 2. The lowest BCUT2D eigenvalue weighted by Crippen LogP contribution is -2.17. The number of benzene rings is 2. The Labute approximate surface area is 191 Å². The predicted octanol–water partition coefficient (Wildman–Crippen LogP) is 4.16. The van der Waals surface area contributed by atoms with E-state index in [9.17, 15) is 9.59 Å².